The Labute approximate surface area is 161 Å². The Balaban J connectivity index is 0.000000292. The number of hydrogen-bond acceptors (Lipinski definition) is 6. The van der Waals surface area contributed by atoms with E-state index in [-0.39, 0.29) is 27.1 Å². The summed E-state index contributed by atoms with van der Waals surface area (Å²) in [5, 5.41) is 30.7. The minimum Gasteiger partial charge on any atom is -0.478 e. The summed E-state index contributed by atoms with van der Waals surface area (Å²) in [6.45, 7) is 2.77. The van der Waals surface area contributed by atoms with Gasteiger partial charge in [0.1, 0.15) is 0 Å². The average molecular weight is 456 g/mol. The molecule has 0 aliphatic heterocycles. The number of aromatic hydroxyl groups is 1. The maximum absolute atomic E-state index is 11.0. The molecule has 0 aliphatic rings. The molecule has 0 spiro atoms. The van der Waals surface area contributed by atoms with Crippen LogP contribution in [-0.2, 0) is 8.53 Å². The van der Waals surface area contributed by atoms with Gasteiger partial charge in [-0.25, -0.2) is 4.79 Å². The van der Waals surface area contributed by atoms with Crippen molar-refractivity contribution in [2.24, 2.45) is 0 Å². The number of hydrogen-bond donors (Lipinski definition) is 5. The molecule has 0 saturated heterocycles. The van der Waals surface area contributed by atoms with Gasteiger partial charge in [0.2, 0.25) is 0 Å². The number of amides is 1. The van der Waals surface area contributed by atoms with Gasteiger partial charge in [-0.05, 0) is 6.07 Å². The van der Waals surface area contributed by atoms with Crippen LogP contribution in [0, 0.1) is 17.0 Å². The first-order valence-electron chi connectivity index (χ1n) is 7.48. The average Bonchev–Trinajstić information content (AvgIpc) is 2.58. The van der Waals surface area contributed by atoms with Crippen molar-refractivity contribution in [2.75, 3.05) is 5.32 Å². The fourth-order valence-corrected chi connectivity index (χ4v) is 3.49. The van der Waals surface area contributed by atoms with Crippen LogP contribution in [0.25, 0.3) is 0 Å². The fraction of sp³-hybridized carbons (Fsp3) is 0.125. The van der Waals surface area contributed by atoms with Crippen molar-refractivity contribution in [2.45, 2.75) is 13.8 Å². The molecule has 0 aromatic heterocycles. The van der Waals surface area contributed by atoms with E-state index in [2.05, 4.69) is 5.32 Å². The van der Waals surface area contributed by atoms with Gasteiger partial charge in [-0.3, -0.25) is 10.1 Å². The maximum atomic E-state index is 11.0. The minimum absolute atomic E-state index is 0.0794. The van der Waals surface area contributed by atoms with Crippen LogP contribution in [0.5, 0.6) is 5.75 Å². The minimum atomic E-state index is -5.12. The Kier molecular flexibility index (Phi) is 7.50. The third-order valence-corrected chi connectivity index (χ3v) is 5.41. The van der Waals surface area contributed by atoms with Crippen LogP contribution in [-0.4, -0.2) is 49.4 Å². The van der Waals surface area contributed by atoms with E-state index in [9.17, 15) is 28.5 Å². The molecular formula is C16H17AsN2O9. The van der Waals surface area contributed by atoms with Crippen LogP contribution in [0.1, 0.15) is 22.8 Å². The number of rotatable bonds is 4. The number of non-ortho nitro benzene ring substituents is 1. The summed E-state index contributed by atoms with van der Waals surface area (Å²) in [6, 6.07) is 7.37. The molecule has 0 unspecified atom stereocenters. The van der Waals surface area contributed by atoms with E-state index in [4.69, 9.17) is 13.3 Å². The summed E-state index contributed by atoms with van der Waals surface area (Å²) in [4.78, 5) is 30.7. The summed E-state index contributed by atoms with van der Waals surface area (Å²) in [5.74, 6) is -1.96. The number of carboxylic acid groups (broad SMARTS) is 1. The zero-order valence-corrected chi connectivity index (χ0v) is 16.6. The van der Waals surface area contributed by atoms with Gasteiger partial charge in [0, 0.05) is 12.1 Å². The Hall–Kier alpha value is -3.14. The third-order valence-electron chi connectivity index (χ3n) is 3.34. The second-order valence-corrected chi connectivity index (χ2v) is 8.74. The number of nitro groups is 1. The van der Waals surface area contributed by atoms with Crippen molar-refractivity contribution in [1.82, 2.24) is 0 Å². The molecule has 0 atom stereocenters. The zero-order chi connectivity index (χ0) is 21.6. The second-order valence-electron chi connectivity index (χ2n) is 5.44. The molecule has 1 amide bonds. The summed E-state index contributed by atoms with van der Waals surface area (Å²) < 4.78 is 28.6. The first-order chi connectivity index (χ1) is 12.8. The molecule has 2 aromatic carbocycles. The summed E-state index contributed by atoms with van der Waals surface area (Å²) in [6.07, 6.45) is 0. The van der Waals surface area contributed by atoms with Gasteiger partial charge >= 0.3 is 101 Å². The molecule has 11 nitrogen and oxygen atoms in total. The van der Waals surface area contributed by atoms with Crippen LogP contribution in [0.4, 0.5) is 11.4 Å². The molecular weight excluding hydrogens is 439 g/mol. The Morgan fingerprint density at radius 2 is 1.79 bits per heavy atom. The number of aromatic carboxylic acids is 1. The van der Waals surface area contributed by atoms with Crippen molar-refractivity contribution in [3.05, 3.63) is 57.6 Å². The molecule has 2 rings (SSSR count). The van der Waals surface area contributed by atoms with Crippen LogP contribution >= 0.6 is 0 Å². The van der Waals surface area contributed by atoms with Gasteiger partial charge in [-0.15, -0.1) is 0 Å². The van der Waals surface area contributed by atoms with Crippen LogP contribution in [0.3, 0.4) is 0 Å². The number of anilines is 1. The third kappa shape index (κ3) is 6.23. The molecule has 0 fully saturated rings. The van der Waals surface area contributed by atoms with E-state index in [0.29, 0.717) is 5.69 Å². The second kappa shape index (κ2) is 9.18. The number of nitrogens with one attached hydrogen (secondary N) is 1. The van der Waals surface area contributed by atoms with Crippen molar-refractivity contribution in [1.29, 1.82) is 0 Å². The number of phenols is 1. The Morgan fingerprint density at radius 1 is 1.18 bits per heavy atom. The summed E-state index contributed by atoms with van der Waals surface area (Å²) in [5.41, 5.74) is 0.272. The van der Waals surface area contributed by atoms with Crippen molar-refractivity contribution >= 4 is 41.8 Å². The van der Waals surface area contributed by atoms with Crippen LogP contribution in [0.15, 0.2) is 36.4 Å². The number of carboxylic acids is 1. The number of nitro benzene ring substituents is 1. The number of nitrogens with zero attached hydrogens (tertiary/aromatic N) is 1. The van der Waals surface area contributed by atoms with Crippen molar-refractivity contribution in [3.63, 3.8) is 0 Å². The van der Waals surface area contributed by atoms with E-state index in [1.807, 2.05) is 0 Å². The van der Waals surface area contributed by atoms with E-state index in [0.717, 1.165) is 12.1 Å². The zero-order valence-electron chi connectivity index (χ0n) is 14.7. The SMILES string of the molecule is CC(=O)Nc1ccc([As](=O)(O)O)c(O)c1C.O=C(O)c1cccc([N+](=O)[O-])c1. The predicted molar refractivity (Wildman–Crippen MR) is 97.7 cm³/mol. The normalized spacial score (nSPS) is 10.4. The van der Waals surface area contributed by atoms with E-state index in [1.165, 1.54) is 38.1 Å². The summed E-state index contributed by atoms with van der Waals surface area (Å²) in [7, 11) is 0. The molecule has 2 aromatic rings. The van der Waals surface area contributed by atoms with E-state index in [1.54, 1.807) is 0 Å². The van der Waals surface area contributed by atoms with Crippen molar-refractivity contribution in [3.8, 4) is 5.75 Å². The smallest absolute Gasteiger partial charge is 0.335 e. The van der Waals surface area contributed by atoms with Crippen LogP contribution < -0.4 is 9.67 Å². The molecule has 0 saturated carbocycles. The van der Waals surface area contributed by atoms with Crippen LogP contribution in [0.2, 0.25) is 0 Å². The molecule has 150 valence electrons. The number of carbonyl (C=O) groups excluding carboxylic acids is 1. The standard InChI is InChI=1S/C9H12AsNO5.C7H5NO4/c1-5-8(11-6(2)12)4-3-7(9(5)13)10(14,15)16;9-7(10)5-2-1-3-6(4-5)8(11)12/h3-4,13H,1-2H3,(H,11,12)(H2,14,15,16);1-4H,(H,9,10). The van der Waals surface area contributed by atoms with Gasteiger partial charge in [0.05, 0.1) is 10.5 Å². The van der Waals surface area contributed by atoms with Gasteiger partial charge in [-0.1, -0.05) is 6.07 Å². The first-order valence-corrected chi connectivity index (χ1v) is 10.9. The number of phenolic OH excluding ortho intramolecular Hbond substituents is 1. The Bertz CT molecular complexity index is 939. The van der Waals surface area contributed by atoms with Gasteiger partial charge in [0.15, 0.2) is 0 Å². The monoisotopic (exact) mass is 456 g/mol. The fourth-order valence-electron chi connectivity index (χ4n) is 2.00. The first kappa shape index (κ1) is 22.9. The molecule has 28 heavy (non-hydrogen) atoms. The molecule has 12 heteroatoms. The summed E-state index contributed by atoms with van der Waals surface area (Å²) >= 11 is -5.12. The molecule has 0 bridgehead atoms. The molecule has 5 N–H and O–H groups in total. The predicted octanol–water partition coefficient (Wildman–Crippen LogP) is 0.513. The molecule has 0 radical (unpaired) electrons. The molecule has 0 heterocycles. The van der Waals surface area contributed by atoms with Crippen molar-refractivity contribution < 1.29 is 36.7 Å². The van der Waals surface area contributed by atoms with Gasteiger partial charge in [-0.2, -0.15) is 0 Å². The largest absolute Gasteiger partial charge is 0.478 e. The topological polar surface area (TPSA) is 187 Å². The van der Waals surface area contributed by atoms with Gasteiger partial charge < -0.3 is 5.11 Å². The number of carbonyl (C=O) groups is 2. The Morgan fingerprint density at radius 3 is 2.25 bits per heavy atom. The maximum Gasteiger partial charge on any atom is 0.335 e. The quantitative estimate of drug-likeness (QED) is 0.248. The van der Waals surface area contributed by atoms with E-state index < -0.39 is 30.8 Å². The number of benzene rings is 2. The van der Waals surface area contributed by atoms with Gasteiger partial charge in [0.25, 0.3) is 5.69 Å². The molecule has 0 aliphatic carbocycles. The van der Waals surface area contributed by atoms with E-state index >= 15 is 0 Å².